The van der Waals surface area contributed by atoms with Gasteiger partial charge in [-0.05, 0) is 18.4 Å². The molecule has 0 aromatic carbocycles. The summed E-state index contributed by atoms with van der Waals surface area (Å²) >= 11 is 1.37. The molecule has 1 aromatic heterocycles. The van der Waals surface area contributed by atoms with E-state index in [0.29, 0.717) is 10.8 Å². The summed E-state index contributed by atoms with van der Waals surface area (Å²) in [5.74, 6) is 0.641. The van der Waals surface area contributed by atoms with Crippen molar-refractivity contribution < 1.29 is 4.42 Å². The van der Waals surface area contributed by atoms with E-state index < -0.39 is 0 Å². The van der Waals surface area contributed by atoms with E-state index in [1.807, 2.05) is 6.26 Å². The van der Waals surface area contributed by atoms with Gasteiger partial charge in [-0.2, -0.15) is 0 Å². The smallest absolute Gasteiger partial charge is 0.158 e. The lowest BCUT2D eigenvalue weighted by atomic mass is 10.5. The SMILES string of the molecule is CSC(=N)c1ccco1. The Labute approximate surface area is 57.8 Å². The third kappa shape index (κ3) is 1.36. The van der Waals surface area contributed by atoms with Gasteiger partial charge in [0.25, 0.3) is 0 Å². The van der Waals surface area contributed by atoms with E-state index in [1.54, 1.807) is 18.4 Å². The molecule has 0 radical (unpaired) electrons. The summed E-state index contributed by atoms with van der Waals surface area (Å²) in [5, 5.41) is 7.74. The molecule has 0 unspecified atom stereocenters. The zero-order chi connectivity index (χ0) is 6.69. The van der Waals surface area contributed by atoms with Gasteiger partial charge in [0.2, 0.25) is 0 Å². The second-order valence-electron chi connectivity index (χ2n) is 1.51. The van der Waals surface area contributed by atoms with Crippen molar-refractivity contribution in [1.82, 2.24) is 0 Å². The van der Waals surface area contributed by atoms with Gasteiger partial charge in [0.15, 0.2) is 5.76 Å². The number of thioether (sulfide) groups is 1. The first-order chi connectivity index (χ1) is 4.34. The second-order valence-corrected chi connectivity index (χ2v) is 2.33. The van der Waals surface area contributed by atoms with Crippen LogP contribution in [0, 0.1) is 5.41 Å². The van der Waals surface area contributed by atoms with Crippen LogP contribution in [-0.2, 0) is 0 Å². The lowest BCUT2D eigenvalue weighted by molar-refractivity contribution is 0.559. The first kappa shape index (κ1) is 6.42. The van der Waals surface area contributed by atoms with Crippen molar-refractivity contribution >= 4 is 16.8 Å². The highest BCUT2D eigenvalue weighted by Crippen LogP contribution is 2.08. The van der Waals surface area contributed by atoms with E-state index in [-0.39, 0.29) is 0 Å². The highest BCUT2D eigenvalue weighted by Gasteiger charge is 1.99. The summed E-state index contributed by atoms with van der Waals surface area (Å²) in [5.41, 5.74) is 0. The molecule has 2 nitrogen and oxygen atoms in total. The van der Waals surface area contributed by atoms with Crippen molar-refractivity contribution in [2.24, 2.45) is 0 Å². The molecule has 1 aromatic rings. The minimum absolute atomic E-state index is 0.472. The minimum Gasteiger partial charge on any atom is -0.462 e. The highest BCUT2D eigenvalue weighted by atomic mass is 32.2. The van der Waals surface area contributed by atoms with Crippen LogP contribution in [0.15, 0.2) is 22.8 Å². The Morgan fingerprint density at radius 3 is 3.00 bits per heavy atom. The maximum atomic E-state index is 7.26. The van der Waals surface area contributed by atoms with Crippen LogP contribution < -0.4 is 0 Å². The second kappa shape index (κ2) is 2.73. The average molecular weight is 141 g/mol. The van der Waals surface area contributed by atoms with Crippen LogP contribution in [0.3, 0.4) is 0 Å². The molecule has 0 aliphatic carbocycles. The molecule has 0 atom stereocenters. The molecular formula is C6H7NOS. The normalized spacial score (nSPS) is 9.44. The van der Waals surface area contributed by atoms with Crippen LogP contribution in [0.2, 0.25) is 0 Å². The summed E-state index contributed by atoms with van der Waals surface area (Å²) < 4.78 is 4.94. The molecule has 0 spiro atoms. The summed E-state index contributed by atoms with van der Waals surface area (Å²) in [6.45, 7) is 0. The maximum absolute atomic E-state index is 7.26. The van der Waals surface area contributed by atoms with Crippen molar-refractivity contribution in [3.05, 3.63) is 24.2 Å². The summed E-state index contributed by atoms with van der Waals surface area (Å²) in [6.07, 6.45) is 3.42. The molecule has 48 valence electrons. The molecule has 3 heteroatoms. The fourth-order valence-corrected chi connectivity index (χ4v) is 0.826. The van der Waals surface area contributed by atoms with Crippen LogP contribution >= 0.6 is 11.8 Å². The van der Waals surface area contributed by atoms with E-state index in [9.17, 15) is 0 Å². The number of rotatable bonds is 1. The summed E-state index contributed by atoms with van der Waals surface area (Å²) in [4.78, 5) is 0. The molecule has 0 saturated heterocycles. The minimum atomic E-state index is 0.472. The monoisotopic (exact) mass is 141 g/mol. The van der Waals surface area contributed by atoms with Gasteiger partial charge in [0, 0.05) is 0 Å². The van der Waals surface area contributed by atoms with Gasteiger partial charge in [-0.15, -0.1) is 11.8 Å². The van der Waals surface area contributed by atoms with Crippen LogP contribution in [-0.4, -0.2) is 11.3 Å². The topological polar surface area (TPSA) is 37.0 Å². The first-order valence-corrected chi connectivity index (χ1v) is 3.73. The molecule has 0 aliphatic rings. The summed E-state index contributed by atoms with van der Waals surface area (Å²) in [6, 6.07) is 3.55. The molecule has 1 heterocycles. The van der Waals surface area contributed by atoms with Crippen molar-refractivity contribution in [1.29, 1.82) is 5.41 Å². The molecular weight excluding hydrogens is 134 g/mol. The van der Waals surface area contributed by atoms with Gasteiger partial charge in [-0.25, -0.2) is 0 Å². The molecule has 0 aliphatic heterocycles. The van der Waals surface area contributed by atoms with Gasteiger partial charge in [0.1, 0.15) is 5.04 Å². The Morgan fingerprint density at radius 1 is 1.78 bits per heavy atom. The predicted molar refractivity (Wildman–Crippen MR) is 39.1 cm³/mol. The van der Waals surface area contributed by atoms with E-state index in [1.165, 1.54) is 11.8 Å². The van der Waals surface area contributed by atoms with Gasteiger partial charge in [-0.1, -0.05) is 0 Å². The Balaban J connectivity index is 2.77. The molecule has 1 rings (SSSR count). The number of hydrogen-bond acceptors (Lipinski definition) is 3. The standard InChI is InChI=1S/C6H7NOS/c1-9-6(7)5-3-2-4-8-5/h2-4,7H,1H3. The van der Waals surface area contributed by atoms with Crippen LogP contribution in [0.25, 0.3) is 0 Å². The van der Waals surface area contributed by atoms with E-state index in [2.05, 4.69) is 0 Å². The van der Waals surface area contributed by atoms with Crippen molar-refractivity contribution in [2.75, 3.05) is 6.26 Å². The van der Waals surface area contributed by atoms with Crippen LogP contribution in [0.5, 0.6) is 0 Å². The third-order valence-corrected chi connectivity index (χ3v) is 1.56. The predicted octanol–water partition coefficient (Wildman–Crippen LogP) is 1.97. The van der Waals surface area contributed by atoms with Crippen LogP contribution in [0.4, 0.5) is 0 Å². The lowest BCUT2D eigenvalue weighted by Crippen LogP contribution is -1.86. The van der Waals surface area contributed by atoms with Gasteiger partial charge < -0.3 is 4.42 Å². The maximum Gasteiger partial charge on any atom is 0.158 e. The Bertz CT molecular complexity index is 193. The molecule has 0 bridgehead atoms. The molecule has 0 saturated carbocycles. The largest absolute Gasteiger partial charge is 0.462 e. The van der Waals surface area contributed by atoms with Gasteiger partial charge in [0.05, 0.1) is 6.26 Å². The quantitative estimate of drug-likeness (QED) is 0.479. The van der Waals surface area contributed by atoms with E-state index >= 15 is 0 Å². The fourth-order valence-electron chi connectivity index (χ4n) is 0.508. The Kier molecular flexibility index (Phi) is 1.95. The summed E-state index contributed by atoms with van der Waals surface area (Å²) in [7, 11) is 0. The Hall–Kier alpha value is -0.700. The molecule has 9 heavy (non-hydrogen) atoms. The first-order valence-electron chi connectivity index (χ1n) is 2.51. The number of hydrogen-bond donors (Lipinski definition) is 1. The van der Waals surface area contributed by atoms with Crippen molar-refractivity contribution in [3.63, 3.8) is 0 Å². The fraction of sp³-hybridized carbons (Fsp3) is 0.167. The van der Waals surface area contributed by atoms with Crippen molar-refractivity contribution in [2.45, 2.75) is 0 Å². The molecule has 0 fully saturated rings. The number of nitrogens with one attached hydrogen (secondary N) is 1. The molecule has 1 N–H and O–H groups in total. The van der Waals surface area contributed by atoms with E-state index in [4.69, 9.17) is 9.83 Å². The third-order valence-electron chi connectivity index (χ3n) is 0.949. The average Bonchev–Trinajstić information content (AvgIpc) is 2.37. The van der Waals surface area contributed by atoms with Gasteiger partial charge >= 0.3 is 0 Å². The van der Waals surface area contributed by atoms with Gasteiger partial charge in [-0.3, -0.25) is 5.41 Å². The lowest BCUT2D eigenvalue weighted by Gasteiger charge is -1.90. The zero-order valence-electron chi connectivity index (χ0n) is 5.05. The van der Waals surface area contributed by atoms with E-state index in [0.717, 1.165) is 0 Å². The zero-order valence-corrected chi connectivity index (χ0v) is 5.87. The highest BCUT2D eigenvalue weighted by molar-refractivity contribution is 8.13. The Morgan fingerprint density at radius 2 is 2.56 bits per heavy atom. The molecule has 0 amide bonds. The van der Waals surface area contributed by atoms with Crippen molar-refractivity contribution in [3.8, 4) is 0 Å². The van der Waals surface area contributed by atoms with Crippen LogP contribution in [0.1, 0.15) is 5.76 Å². The number of furan rings is 1.